The Balaban J connectivity index is 1.08. The van der Waals surface area contributed by atoms with Gasteiger partial charge in [0.05, 0.1) is 0 Å². The third-order valence-electron chi connectivity index (χ3n) is 10.3. The van der Waals surface area contributed by atoms with Crippen LogP contribution in [0.25, 0.3) is 0 Å². The number of alkyl carbamates (subject to hydrolysis) is 2. The van der Waals surface area contributed by atoms with Crippen LogP contribution in [0.15, 0.2) is 121 Å². The maximum atomic E-state index is 13.1. The Morgan fingerprint density at radius 3 is 1.01 bits per heavy atom. The van der Waals surface area contributed by atoms with Crippen LogP contribution in [0.2, 0.25) is 0 Å². The van der Waals surface area contributed by atoms with Crippen molar-refractivity contribution in [1.82, 2.24) is 21.3 Å². The first-order chi connectivity index (χ1) is 32.6. The highest BCUT2D eigenvalue weighted by Crippen LogP contribution is 2.11. The molecule has 0 aliphatic heterocycles. The van der Waals surface area contributed by atoms with Gasteiger partial charge in [-0.15, -0.1) is 0 Å². The monoisotopic (exact) mass is 920 g/mol. The van der Waals surface area contributed by atoms with Gasteiger partial charge in [0.2, 0.25) is 11.8 Å². The zero-order chi connectivity index (χ0) is 47.9. The second-order valence-corrected chi connectivity index (χ2v) is 15.6. The number of unbranched alkanes of at least 4 members (excludes halogenated alkanes) is 4. The van der Waals surface area contributed by atoms with E-state index in [1.807, 2.05) is 24.3 Å². The zero-order valence-electron chi connectivity index (χ0n) is 37.6. The normalized spacial score (nSPS) is 11.5. The Morgan fingerprint density at radius 1 is 0.373 bits per heavy atom. The summed E-state index contributed by atoms with van der Waals surface area (Å²) in [5.74, 6) is -4.29. The van der Waals surface area contributed by atoms with Gasteiger partial charge in [0.15, 0.2) is 0 Å². The Morgan fingerprint density at radius 2 is 0.687 bits per heavy atom. The van der Waals surface area contributed by atoms with E-state index in [0.29, 0.717) is 69.2 Å². The van der Waals surface area contributed by atoms with E-state index in [1.54, 1.807) is 97.1 Å². The van der Waals surface area contributed by atoms with Gasteiger partial charge in [-0.05, 0) is 73.6 Å². The number of hydrogen-bond acceptors (Lipinski definition) is 12. The summed E-state index contributed by atoms with van der Waals surface area (Å²) in [7, 11) is 0. The molecule has 0 heterocycles. The predicted molar refractivity (Wildman–Crippen MR) is 246 cm³/mol. The van der Waals surface area contributed by atoms with E-state index in [0.717, 1.165) is 11.1 Å². The number of Topliss-reactive ketones (excluding diaryl/α,β-unsaturated/α-hetero) is 2. The molecule has 0 bridgehead atoms. The van der Waals surface area contributed by atoms with Gasteiger partial charge in [-0.2, -0.15) is 0 Å². The van der Waals surface area contributed by atoms with Crippen molar-refractivity contribution in [2.24, 2.45) is 0 Å². The van der Waals surface area contributed by atoms with Crippen molar-refractivity contribution < 1.29 is 57.3 Å². The van der Waals surface area contributed by atoms with Crippen LogP contribution in [-0.4, -0.2) is 72.7 Å². The molecule has 2 atom stereocenters. The molecule has 4 N–H and O–H groups in total. The number of ether oxygens (including phenoxy) is 4. The number of carbonyl (C=O) groups is 8. The van der Waals surface area contributed by atoms with E-state index in [-0.39, 0.29) is 63.9 Å². The quantitative estimate of drug-likeness (QED) is 0.0185. The van der Waals surface area contributed by atoms with E-state index in [9.17, 15) is 38.4 Å². The molecule has 0 aromatic heterocycles. The highest BCUT2D eigenvalue weighted by molar-refractivity contribution is 6.36. The summed E-state index contributed by atoms with van der Waals surface area (Å²) in [4.78, 5) is 102. The van der Waals surface area contributed by atoms with Gasteiger partial charge >= 0.3 is 24.1 Å². The van der Waals surface area contributed by atoms with Crippen LogP contribution in [0.5, 0.6) is 0 Å². The van der Waals surface area contributed by atoms with Crippen LogP contribution in [0, 0.1) is 0 Å². The predicted octanol–water partition coefficient (Wildman–Crippen LogP) is 6.72. The van der Waals surface area contributed by atoms with Crippen molar-refractivity contribution in [3.8, 4) is 0 Å². The van der Waals surface area contributed by atoms with Crippen LogP contribution < -0.4 is 21.3 Å². The van der Waals surface area contributed by atoms with Crippen molar-refractivity contribution >= 4 is 47.5 Å². The molecule has 16 nitrogen and oxygen atoms in total. The molecule has 0 unspecified atom stereocenters. The van der Waals surface area contributed by atoms with E-state index >= 15 is 0 Å². The molecule has 4 rings (SSSR count). The molecule has 0 aliphatic rings. The fourth-order valence-electron chi connectivity index (χ4n) is 6.55. The largest absolute Gasteiger partial charge is 0.455 e. The van der Waals surface area contributed by atoms with Crippen LogP contribution in [-0.2, 0) is 74.1 Å². The van der Waals surface area contributed by atoms with E-state index in [4.69, 9.17) is 18.9 Å². The number of nitrogens with one attached hydrogen (secondary N) is 4. The fourth-order valence-corrected chi connectivity index (χ4v) is 6.55. The van der Waals surface area contributed by atoms with Gasteiger partial charge in [0.1, 0.15) is 38.5 Å². The number of amides is 4. The molecule has 0 radical (unpaired) electrons. The molecule has 4 aromatic rings. The highest BCUT2D eigenvalue weighted by Gasteiger charge is 2.30. The van der Waals surface area contributed by atoms with Crippen molar-refractivity contribution in [1.29, 1.82) is 0 Å². The lowest BCUT2D eigenvalue weighted by Gasteiger charge is -2.17. The summed E-state index contributed by atoms with van der Waals surface area (Å²) in [5.41, 5.74) is 2.92. The van der Waals surface area contributed by atoms with E-state index in [1.165, 1.54) is 0 Å². The molecule has 0 saturated carbocycles. The number of ketones is 2. The lowest BCUT2D eigenvalue weighted by Crippen LogP contribution is -2.44. The summed E-state index contributed by atoms with van der Waals surface area (Å²) >= 11 is 0. The molecular weight excluding hydrogens is 861 g/mol. The highest BCUT2D eigenvalue weighted by atomic mass is 16.6. The SMILES string of the molecule is O=C(CCCCCC(=O)NCCCC[C@H](NC(=O)OCc1ccccc1)C(=O)C(=O)OCc1ccccc1)NCCCC[C@H](NC(=O)OCc1ccccc1)C(=O)C(=O)OCc1ccccc1. The third kappa shape index (κ3) is 21.9. The molecule has 0 saturated heterocycles. The molecule has 0 spiro atoms. The number of carbonyl (C=O) groups excluding carboxylic acids is 8. The van der Waals surface area contributed by atoms with Gasteiger partial charge < -0.3 is 40.2 Å². The maximum absolute atomic E-state index is 13.1. The fraction of sp³-hybridized carbons (Fsp3) is 0.373. The smallest absolute Gasteiger partial charge is 0.408 e. The molecule has 67 heavy (non-hydrogen) atoms. The minimum Gasteiger partial charge on any atom is -0.455 e. The maximum Gasteiger partial charge on any atom is 0.408 e. The Kier molecular flexibility index (Phi) is 24.0. The van der Waals surface area contributed by atoms with Crippen molar-refractivity contribution in [3.05, 3.63) is 144 Å². The minimum atomic E-state index is -1.18. The second kappa shape index (κ2) is 30.7. The van der Waals surface area contributed by atoms with Crippen molar-refractivity contribution in [3.63, 3.8) is 0 Å². The average molecular weight is 921 g/mol. The van der Waals surface area contributed by atoms with Crippen LogP contribution in [0.3, 0.4) is 0 Å². The molecule has 4 aromatic carbocycles. The van der Waals surface area contributed by atoms with Crippen LogP contribution in [0.4, 0.5) is 9.59 Å². The van der Waals surface area contributed by atoms with Crippen LogP contribution in [0.1, 0.15) is 92.9 Å². The molecule has 0 fully saturated rings. The summed E-state index contributed by atoms with van der Waals surface area (Å²) in [6.45, 7) is 0.402. The van der Waals surface area contributed by atoms with Gasteiger partial charge in [-0.3, -0.25) is 19.2 Å². The lowest BCUT2D eigenvalue weighted by molar-refractivity contribution is -0.155. The third-order valence-corrected chi connectivity index (χ3v) is 10.3. The standard InChI is InChI=1S/C51H60N4O12/c56-44(52-32-18-16-28-42(54-50(62)66-36-40-24-10-3-11-25-40)46(58)48(60)64-34-38-20-6-1-7-21-38)30-14-5-15-31-45(57)53-33-19-17-29-43(55-51(63)67-37-41-26-12-4-13-27-41)47(59)49(61)65-35-39-22-8-2-9-23-39/h1-4,6-13,20-27,42-43H,5,14-19,28-37H2,(H,52,56)(H,53,57)(H,54,62)(H,55,63)/t42-,43-/m0/s1. The van der Waals surface area contributed by atoms with Gasteiger partial charge in [-0.1, -0.05) is 128 Å². The zero-order valence-corrected chi connectivity index (χ0v) is 37.6. The van der Waals surface area contributed by atoms with Crippen molar-refractivity contribution in [2.75, 3.05) is 13.1 Å². The van der Waals surface area contributed by atoms with E-state index < -0.39 is 47.8 Å². The number of benzene rings is 4. The summed E-state index contributed by atoms with van der Waals surface area (Å²) < 4.78 is 20.9. The second-order valence-electron chi connectivity index (χ2n) is 15.6. The van der Waals surface area contributed by atoms with Gasteiger partial charge in [0.25, 0.3) is 11.6 Å². The number of esters is 2. The summed E-state index contributed by atoms with van der Waals surface area (Å²) in [6, 6.07) is 33.4. The topological polar surface area (TPSA) is 222 Å². The number of rotatable bonds is 30. The Hall–Kier alpha value is -7.36. The molecule has 356 valence electrons. The summed E-state index contributed by atoms with van der Waals surface area (Å²) in [6.07, 6.45) is 2.60. The Bertz CT molecular complexity index is 2000. The minimum absolute atomic E-state index is 0.0202. The lowest BCUT2D eigenvalue weighted by atomic mass is 10.1. The molecule has 4 amide bonds. The summed E-state index contributed by atoms with van der Waals surface area (Å²) in [5, 5.41) is 10.7. The molecule has 16 heteroatoms. The molecular formula is C51H60N4O12. The molecule has 0 aliphatic carbocycles. The van der Waals surface area contributed by atoms with Crippen molar-refractivity contribution in [2.45, 2.75) is 109 Å². The van der Waals surface area contributed by atoms with Crippen LogP contribution >= 0.6 is 0 Å². The van der Waals surface area contributed by atoms with Gasteiger partial charge in [-0.25, -0.2) is 19.2 Å². The Labute approximate surface area is 390 Å². The first kappa shape index (κ1) is 52.3. The first-order valence-corrected chi connectivity index (χ1v) is 22.5. The first-order valence-electron chi connectivity index (χ1n) is 22.5. The number of hydrogen-bond donors (Lipinski definition) is 4. The van der Waals surface area contributed by atoms with E-state index in [2.05, 4.69) is 21.3 Å². The average Bonchev–Trinajstić information content (AvgIpc) is 3.35. The van der Waals surface area contributed by atoms with Gasteiger partial charge in [0, 0.05) is 25.9 Å².